The normalized spacial score (nSPS) is 12.7. The summed E-state index contributed by atoms with van der Waals surface area (Å²) in [6.07, 6.45) is 0.835. The first-order valence-electron chi connectivity index (χ1n) is 8.71. The molecule has 0 aliphatic heterocycles. The van der Waals surface area contributed by atoms with Crippen molar-refractivity contribution in [3.63, 3.8) is 0 Å². The van der Waals surface area contributed by atoms with Crippen LogP contribution in [0.5, 0.6) is 5.75 Å². The van der Waals surface area contributed by atoms with Gasteiger partial charge in [-0.1, -0.05) is 62.7 Å². The average Bonchev–Trinajstić information content (AvgIpc) is 2.67. The quantitative estimate of drug-likeness (QED) is 0.727. The summed E-state index contributed by atoms with van der Waals surface area (Å²) in [4.78, 5) is 24.7. The Kier molecular flexibility index (Phi) is 7.21. The molecule has 0 radical (unpaired) electrons. The number of anilines is 1. The van der Waals surface area contributed by atoms with Crippen LogP contribution in [-0.4, -0.2) is 25.6 Å². The highest BCUT2D eigenvalue weighted by atomic mass is 16.5. The smallest absolute Gasteiger partial charge is 0.314 e. The van der Waals surface area contributed by atoms with Crippen LogP contribution in [-0.2, 0) is 14.3 Å². The number of nitrogens with one attached hydrogen (secondary N) is 1. The maximum absolute atomic E-state index is 12.6. The van der Waals surface area contributed by atoms with Crippen LogP contribution in [0.1, 0.15) is 31.7 Å². The fraction of sp³-hybridized carbons (Fsp3) is 0.333. The highest BCUT2D eigenvalue weighted by Gasteiger charge is 2.27. The van der Waals surface area contributed by atoms with Gasteiger partial charge in [0.2, 0.25) is 0 Å². The second-order valence-corrected chi connectivity index (χ2v) is 6.13. The van der Waals surface area contributed by atoms with E-state index in [2.05, 4.69) is 5.32 Å². The molecule has 0 bridgehead atoms. The first-order valence-corrected chi connectivity index (χ1v) is 8.71. The molecule has 0 aliphatic rings. The number of carbonyl (C=O) groups is 2. The maximum Gasteiger partial charge on any atom is 0.314 e. The zero-order valence-electron chi connectivity index (χ0n) is 15.4. The first-order chi connectivity index (χ1) is 12.6. The third-order valence-corrected chi connectivity index (χ3v) is 4.35. The topological polar surface area (TPSA) is 64.6 Å². The van der Waals surface area contributed by atoms with Gasteiger partial charge in [0.1, 0.15) is 5.75 Å². The Morgan fingerprint density at radius 2 is 1.69 bits per heavy atom. The van der Waals surface area contributed by atoms with Crippen molar-refractivity contribution in [3.05, 3.63) is 60.2 Å². The van der Waals surface area contributed by atoms with E-state index in [-0.39, 0.29) is 24.4 Å². The van der Waals surface area contributed by atoms with Gasteiger partial charge < -0.3 is 14.8 Å². The predicted octanol–water partition coefficient (Wildman–Crippen LogP) is 4.01. The van der Waals surface area contributed by atoms with Crippen LogP contribution < -0.4 is 10.1 Å². The highest BCUT2D eigenvalue weighted by Crippen LogP contribution is 2.28. The number of ether oxygens (including phenoxy) is 2. The van der Waals surface area contributed by atoms with Gasteiger partial charge in [0.05, 0.1) is 18.7 Å². The highest BCUT2D eigenvalue weighted by molar-refractivity contribution is 5.94. The maximum atomic E-state index is 12.6. The van der Waals surface area contributed by atoms with Crippen molar-refractivity contribution in [3.8, 4) is 5.75 Å². The number of benzene rings is 2. The lowest BCUT2D eigenvalue weighted by Crippen LogP contribution is -2.27. The minimum atomic E-state index is -0.404. The van der Waals surface area contributed by atoms with E-state index >= 15 is 0 Å². The Hall–Kier alpha value is -2.82. The molecule has 0 fully saturated rings. The molecular weight excluding hydrogens is 330 g/mol. The van der Waals surface area contributed by atoms with Crippen LogP contribution in [0.15, 0.2) is 54.6 Å². The van der Waals surface area contributed by atoms with Crippen molar-refractivity contribution in [2.24, 2.45) is 5.92 Å². The molecular formula is C21H25NO4. The van der Waals surface area contributed by atoms with Gasteiger partial charge in [0.15, 0.2) is 6.61 Å². The number of rotatable bonds is 8. The number of hydrogen-bond acceptors (Lipinski definition) is 4. The largest absolute Gasteiger partial charge is 0.495 e. The van der Waals surface area contributed by atoms with Gasteiger partial charge >= 0.3 is 5.97 Å². The van der Waals surface area contributed by atoms with E-state index in [9.17, 15) is 9.59 Å². The Morgan fingerprint density at radius 3 is 2.35 bits per heavy atom. The van der Waals surface area contributed by atoms with Crippen LogP contribution in [0, 0.1) is 5.92 Å². The van der Waals surface area contributed by atoms with E-state index in [1.807, 2.05) is 50.2 Å². The van der Waals surface area contributed by atoms with E-state index < -0.39 is 5.91 Å². The van der Waals surface area contributed by atoms with Crippen LogP contribution in [0.25, 0.3) is 0 Å². The fourth-order valence-electron chi connectivity index (χ4n) is 2.75. The summed E-state index contributed by atoms with van der Waals surface area (Å²) in [5, 5.41) is 2.70. The number of methoxy groups -OCH3 is 1. The standard InChI is InChI=1S/C21H25NO4/c1-4-15(2)20(16-10-6-5-7-11-16)21(24)26-14-19(23)22-17-12-8-9-13-18(17)25-3/h5-13,15,20H,4,14H2,1-3H3,(H,22,23)/t15-,20-/m1/s1. The monoisotopic (exact) mass is 355 g/mol. The Morgan fingerprint density at radius 1 is 1.04 bits per heavy atom. The summed E-state index contributed by atoms with van der Waals surface area (Å²) in [5.41, 5.74) is 1.44. The van der Waals surface area contributed by atoms with Gasteiger partial charge in [-0.25, -0.2) is 0 Å². The van der Waals surface area contributed by atoms with Crippen molar-refractivity contribution in [2.45, 2.75) is 26.2 Å². The lowest BCUT2D eigenvalue weighted by atomic mass is 9.86. The minimum Gasteiger partial charge on any atom is -0.495 e. The number of para-hydroxylation sites is 2. The van der Waals surface area contributed by atoms with Gasteiger partial charge in [0, 0.05) is 0 Å². The van der Waals surface area contributed by atoms with Crippen LogP contribution in [0.3, 0.4) is 0 Å². The molecule has 2 atom stereocenters. The lowest BCUT2D eigenvalue weighted by molar-refractivity contribution is -0.150. The molecule has 2 aromatic carbocycles. The Bertz CT molecular complexity index is 730. The van der Waals surface area contributed by atoms with E-state index in [0.29, 0.717) is 11.4 Å². The molecule has 26 heavy (non-hydrogen) atoms. The average molecular weight is 355 g/mol. The molecule has 1 amide bonds. The van der Waals surface area contributed by atoms with E-state index in [0.717, 1.165) is 12.0 Å². The Balaban J connectivity index is 2.00. The number of carbonyl (C=O) groups excluding carboxylic acids is 2. The second-order valence-electron chi connectivity index (χ2n) is 6.13. The fourth-order valence-corrected chi connectivity index (χ4v) is 2.75. The van der Waals surface area contributed by atoms with Gasteiger partial charge in [-0.15, -0.1) is 0 Å². The molecule has 0 heterocycles. The molecule has 5 nitrogen and oxygen atoms in total. The molecule has 138 valence electrons. The molecule has 0 unspecified atom stereocenters. The van der Waals surface area contributed by atoms with Crippen molar-refractivity contribution < 1.29 is 19.1 Å². The van der Waals surface area contributed by atoms with E-state index in [1.165, 1.54) is 7.11 Å². The second kappa shape index (κ2) is 9.61. The van der Waals surface area contributed by atoms with Crippen LogP contribution in [0.2, 0.25) is 0 Å². The molecule has 0 aliphatic carbocycles. The molecule has 0 spiro atoms. The van der Waals surface area contributed by atoms with Crippen LogP contribution in [0.4, 0.5) is 5.69 Å². The SMILES string of the molecule is CC[C@@H](C)[C@@H](C(=O)OCC(=O)Nc1ccccc1OC)c1ccccc1. The Labute approximate surface area is 154 Å². The molecule has 2 rings (SSSR count). The van der Waals surface area contributed by atoms with Crippen molar-refractivity contribution >= 4 is 17.6 Å². The zero-order chi connectivity index (χ0) is 18.9. The van der Waals surface area contributed by atoms with E-state index in [4.69, 9.17) is 9.47 Å². The van der Waals surface area contributed by atoms with E-state index in [1.54, 1.807) is 18.2 Å². The summed E-state index contributed by atoms with van der Waals surface area (Å²) in [5.74, 6) is -0.518. The summed E-state index contributed by atoms with van der Waals surface area (Å²) >= 11 is 0. The third-order valence-electron chi connectivity index (χ3n) is 4.35. The van der Waals surface area contributed by atoms with Crippen molar-refractivity contribution in [1.82, 2.24) is 0 Å². The number of amides is 1. The molecule has 0 aromatic heterocycles. The van der Waals surface area contributed by atoms with Gasteiger partial charge in [0.25, 0.3) is 5.91 Å². The summed E-state index contributed by atoms with van der Waals surface area (Å²) in [6.45, 7) is 3.70. The molecule has 2 aromatic rings. The predicted molar refractivity (Wildman–Crippen MR) is 101 cm³/mol. The summed E-state index contributed by atoms with van der Waals surface area (Å²) in [7, 11) is 1.53. The summed E-state index contributed by atoms with van der Waals surface area (Å²) < 4.78 is 10.5. The lowest BCUT2D eigenvalue weighted by Gasteiger charge is -2.21. The van der Waals surface area contributed by atoms with Gasteiger partial charge in [-0.3, -0.25) is 9.59 Å². The first kappa shape index (κ1) is 19.5. The van der Waals surface area contributed by atoms with Crippen molar-refractivity contribution in [1.29, 1.82) is 0 Å². The zero-order valence-corrected chi connectivity index (χ0v) is 15.4. The van der Waals surface area contributed by atoms with Gasteiger partial charge in [-0.05, 0) is 23.6 Å². The minimum absolute atomic E-state index is 0.113. The number of esters is 1. The third kappa shape index (κ3) is 5.09. The molecule has 5 heteroatoms. The number of hydrogen-bond donors (Lipinski definition) is 1. The van der Waals surface area contributed by atoms with Crippen LogP contribution >= 0.6 is 0 Å². The summed E-state index contributed by atoms with van der Waals surface area (Å²) in [6, 6.07) is 16.6. The molecule has 0 saturated heterocycles. The van der Waals surface area contributed by atoms with Crippen molar-refractivity contribution in [2.75, 3.05) is 19.0 Å². The molecule has 0 saturated carbocycles. The molecule has 1 N–H and O–H groups in total. The van der Waals surface area contributed by atoms with Gasteiger partial charge in [-0.2, -0.15) is 0 Å².